The second kappa shape index (κ2) is 11.1. The Morgan fingerprint density at radius 2 is 1.80 bits per heavy atom. The number of hydrogen-bond donors (Lipinski definition) is 1. The van der Waals surface area contributed by atoms with Crippen molar-refractivity contribution in [3.05, 3.63) is 72.1 Å². The highest BCUT2D eigenvalue weighted by molar-refractivity contribution is 6.08. The molecule has 0 aliphatic rings. The molecule has 0 aliphatic heterocycles. The van der Waals surface area contributed by atoms with E-state index in [9.17, 15) is 9.59 Å². The average molecular weight is 478 g/mol. The fourth-order valence-corrected chi connectivity index (χ4v) is 3.56. The predicted octanol–water partition coefficient (Wildman–Crippen LogP) is 5.21. The van der Waals surface area contributed by atoms with Crippen molar-refractivity contribution in [1.82, 2.24) is 9.78 Å². The molecule has 35 heavy (non-hydrogen) atoms. The molecule has 186 valence electrons. The summed E-state index contributed by atoms with van der Waals surface area (Å²) in [5.74, 6) is -0.188. The van der Waals surface area contributed by atoms with E-state index in [1.165, 1.54) is 5.56 Å². The molecule has 0 aliphatic carbocycles. The number of nitrogens with one attached hydrogen (secondary N) is 1. The third-order valence-corrected chi connectivity index (χ3v) is 5.36. The van der Waals surface area contributed by atoms with Crippen LogP contribution in [0.3, 0.4) is 0 Å². The van der Waals surface area contributed by atoms with Crippen molar-refractivity contribution < 1.29 is 14.3 Å². The Bertz CT molecular complexity index is 1130. The second-order valence-electron chi connectivity index (χ2n) is 9.50. The molecule has 1 heterocycles. The molecule has 0 spiro atoms. The number of benzene rings is 2. The monoisotopic (exact) mass is 477 g/mol. The molecule has 0 saturated heterocycles. The van der Waals surface area contributed by atoms with Gasteiger partial charge in [-0.15, -0.1) is 0 Å². The molecule has 0 saturated carbocycles. The van der Waals surface area contributed by atoms with Crippen LogP contribution in [-0.2, 0) is 17.7 Å². The number of amides is 2. The highest BCUT2D eigenvalue weighted by Gasteiger charge is 2.23. The van der Waals surface area contributed by atoms with E-state index in [1.54, 1.807) is 40.0 Å². The lowest BCUT2D eigenvalue weighted by molar-refractivity contribution is 0.0578. The van der Waals surface area contributed by atoms with E-state index < -0.39 is 11.7 Å². The van der Waals surface area contributed by atoms with Crippen LogP contribution in [0, 0.1) is 0 Å². The molecule has 1 aromatic heterocycles. The van der Waals surface area contributed by atoms with Crippen molar-refractivity contribution in [2.24, 2.45) is 0 Å². The van der Waals surface area contributed by atoms with Crippen molar-refractivity contribution in [3.8, 4) is 0 Å². The SMILES string of the molecule is CCc1ccc(C(=O)Nc2ccc(N(CCn3cccn3)C(=O)OC(C)(C)C)cc2)c(N(C)C)c1. The number of ether oxygens (including phenoxy) is 1. The van der Waals surface area contributed by atoms with Gasteiger partial charge in [-0.05, 0) is 75.2 Å². The summed E-state index contributed by atoms with van der Waals surface area (Å²) < 4.78 is 7.38. The summed E-state index contributed by atoms with van der Waals surface area (Å²) in [6.07, 6.45) is 4.01. The zero-order valence-corrected chi connectivity index (χ0v) is 21.4. The topological polar surface area (TPSA) is 79.7 Å². The maximum atomic E-state index is 13.0. The highest BCUT2D eigenvalue weighted by atomic mass is 16.6. The minimum Gasteiger partial charge on any atom is -0.443 e. The Labute approximate surface area is 207 Å². The van der Waals surface area contributed by atoms with E-state index in [0.717, 1.165) is 12.1 Å². The minimum atomic E-state index is -0.619. The third kappa shape index (κ3) is 7.09. The minimum absolute atomic E-state index is 0.188. The fourth-order valence-electron chi connectivity index (χ4n) is 3.56. The van der Waals surface area contributed by atoms with Gasteiger partial charge in [-0.2, -0.15) is 5.10 Å². The Morgan fingerprint density at radius 3 is 2.37 bits per heavy atom. The quantitative estimate of drug-likeness (QED) is 0.482. The molecule has 3 rings (SSSR count). The molecule has 0 atom stereocenters. The van der Waals surface area contributed by atoms with Crippen molar-refractivity contribution in [3.63, 3.8) is 0 Å². The summed E-state index contributed by atoms with van der Waals surface area (Å²) in [7, 11) is 3.85. The summed E-state index contributed by atoms with van der Waals surface area (Å²) >= 11 is 0. The lowest BCUT2D eigenvalue weighted by Crippen LogP contribution is -2.38. The van der Waals surface area contributed by atoms with Crippen LogP contribution in [-0.4, -0.2) is 48.0 Å². The van der Waals surface area contributed by atoms with Crippen LogP contribution in [0.15, 0.2) is 60.9 Å². The van der Waals surface area contributed by atoms with Gasteiger partial charge in [-0.3, -0.25) is 14.4 Å². The van der Waals surface area contributed by atoms with Crippen LogP contribution >= 0.6 is 0 Å². The highest BCUT2D eigenvalue weighted by Crippen LogP contribution is 2.24. The maximum absolute atomic E-state index is 13.0. The standard InChI is InChI=1S/C27H35N5O3/c1-7-20-9-14-23(24(19-20)30(5)6)25(33)29-21-10-12-22(13-11-21)32(26(34)35-27(2,3)4)18-17-31-16-8-15-28-31/h8-16,19H,7,17-18H2,1-6H3,(H,29,33). The molecule has 8 heteroatoms. The van der Waals surface area contributed by atoms with E-state index in [1.807, 2.05) is 70.2 Å². The fraction of sp³-hybridized carbons (Fsp3) is 0.370. The number of carbonyl (C=O) groups excluding carboxylic acids is 2. The average Bonchev–Trinajstić information content (AvgIpc) is 3.32. The first-order valence-corrected chi connectivity index (χ1v) is 11.8. The molecular formula is C27H35N5O3. The van der Waals surface area contributed by atoms with Gasteiger partial charge >= 0.3 is 6.09 Å². The van der Waals surface area contributed by atoms with E-state index >= 15 is 0 Å². The van der Waals surface area contributed by atoms with Crippen molar-refractivity contribution in [2.45, 2.75) is 46.3 Å². The third-order valence-electron chi connectivity index (χ3n) is 5.36. The molecular weight excluding hydrogens is 442 g/mol. The number of hydrogen-bond acceptors (Lipinski definition) is 5. The van der Waals surface area contributed by atoms with Crippen LogP contribution in [0.4, 0.5) is 21.9 Å². The molecule has 0 radical (unpaired) electrons. The van der Waals surface area contributed by atoms with Gasteiger partial charge in [-0.1, -0.05) is 13.0 Å². The molecule has 0 unspecified atom stereocenters. The van der Waals surface area contributed by atoms with Gasteiger partial charge in [0.05, 0.1) is 12.1 Å². The van der Waals surface area contributed by atoms with Crippen LogP contribution < -0.4 is 15.1 Å². The Kier molecular flexibility index (Phi) is 8.17. The lowest BCUT2D eigenvalue weighted by atomic mass is 10.1. The van der Waals surface area contributed by atoms with Gasteiger partial charge in [-0.25, -0.2) is 4.79 Å². The van der Waals surface area contributed by atoms with Gasteiger partial charge < -0.3 is 15.0 Å². The maximum Gasteiger partial charge on any atom is 0.414 e. The van der Waals surface area contributed by atoms with Crippen LogP contribution in [0.1, 0.15) is 43.6 Å². The number of rotatable bonds is 8. The molecule has 2 amide bonds. The molecule has 2 aromatic carbocycles. The summed E-state index contributed by atoms with van der Waals surface area (Å²) in [5, 5.41) is 7.17. The zero-order valence-electron chi connectivity index (χ0n) is 21.4. The summed E-state index contributed by atoms with van der Waals surface area (Å²) in [6.45, 7) is 8.51. The number of aromatic nitrogens is 2. The van der Waals surface area contributed by atoms with E-state index in [2.05, 4.69) is 17.3 Å². The first-order valence-electron chi connectivity index (χ1n) is 11.8. The summed E-state index contributed by atoms with van der Waals surface area (Å²) in [6, 6.07) is 14.9. The zero-order chi connectivity index (χ0) is 25.6. The second-order valence-corrected chi connectivity index (χ2v) is 9.50. The van der Waals surface area contributed by atoms with Crippen LogP contribution in [0.2, 0.25) is 0 Å². The summed E-state index contributed by atoms with van der Waals surface area (Å²) in [4.78, 5) is 29.5. The number of anilines is 3. The lowest BCUT2D eigenvalue weighted by Gasteiger charge is -2.27. The smallest absolute Gasteiger partial charge is 0.414 e. The van der Waals surface area contributed by atoms with Crippen molar-refractivity contribution >= 4 is 29.1 Å². The van der Waals surface area contributed by atoms with Gasteiger partial charge in [0.25, 0.3) is 5.91 Å². The van der Waals surface area contributed by atoms with E-state index in [0.29, 0.717) is 30.0 Å². The molecule has 8 nitrogen and oxygen atoms in total. The number of aryl methyl sites for hydroxylation is 1. The molecule has 0 fully saturated rings. The van der Waals surface area contributed by atoms with Crippen molar-refractivity contribution in [1.29, 1.82) is 0 Å². The van der Waals surface area contributed by atoms with Gasteiger partial charge in [0.15, 0.2) is 0 Å². The van der Waals surface area contributed by atoms with Gasteiger partial charge in [0, 0.05) is 50.1 Å². The Hall–Kier alpha value is -3.81. The van der Waals surface area contributed by atoms with Crippen LogP contribution in [0.25, 0.3) is 0 Å². The number of carbonyl (C=O) groups is 2. The number of nitrogens with zero attached hydrogens (tertiary/aromatic N) is 4. The van der Waals surface area contributed by atoms with E-state index in [-0.39, 0.29) is 5.91 Å². The Balaban J connectivity index is 1.78. The van der Waals surface area contributed by atoms with Gasteiger partial charge in [0.2, 0.25) is 0 Å². The van der Waals surface area contributed by atoms with Crippen LogP contribution in [0.5, 0.6) is 0 Å². The predicted molar refractivity (Wildman–Crippen MR) is 140 cm³/mol. The largest absolute Gasteiger partial charge is 0.443 e. The molecule has 0 bridgehead atoms. The van der Waals surface area contributed by atoms with Gasteiger partial charge in [0.1, 0.15) is 5.60 Å². The summed E-state index contributed by atoms with van der Waals surface area (Å²) in [5.41, 5.74) is 3.34. The first-order chi connectivity index (χ1) is 16.6. The molecule has 1 N–H and O–H groups in total. The first kappa shape index (κ1) is 25.8. The molecule has 3 aromatic rings. The van der Waals surface area contributed by atoms with E-state index in [4.69, 9.17) is 4.74 Å². The Morgan fingerprint density at radius 1 is 1.09 bits per heavy atom. The van der Waals surface area contributed by atoms with Crippen molar-refractivity contribution in [2.75, 3.05) is 35.8 Å². The normalized spacial score (nSPS) is 11.1.